The lowest BCUT2D eigenvalue weighted by Crippen LogP contribution is -2.10. The van der Waals surface area contributed by atoms with Gasteiger partial charge in [-0.15, -0.1) is 0 Å². The number of imidazole rings is 1. The Balaban J connectivity index is 1.52. The zero-order valence-electron chi connectivity index (χ0n) is 16.0. The van der Waals surface area contributed by atoms with Crippen LogP contribution in [0.3, 0.4) is 0 Å². The van der Waals surface area contributed by atoms with Crippen LogP contribution in [0.15, 0.2) is 78.9 Å². The van der Waals surface area contributed by atoms with Crippen molar-refractivity contribution in [3.05, 3.63) is 84.4 Å². The average Bonchev–Trinajstić information content (AvgIpc) is 3.10. The van der Waals surface area contributed by atoms with Crippen molar-refractivity contribution >= 4 is 17.0 Å². The highest BCUT2D eigenvalue weighted by Gasteiger charge is 2.15. The van der Waals surface area contributed by atoms with Gasteiger partial charge in [-0.05, 0) is 42.7 Å². The molecule has 1 aromatic heterocycles. The number of para-hydroxylation sites is 2. The van der Waals surface area contributed by atoms with Crippen molar-refractivity contribution < 1.29 is 14.6 Å². The van der Waals surface area contributed by atoms with Gasteiger partial charge in [0.15, 0.2) is 0 Å². The standard InChI is InChI=1S/C24H22N2O3/c27-23(28)17-26-22-14-5-4-13-21(22)25-24(26)19-11-6-12-20(16-19)29-15-7-10-18-8-2-1-3-9-18/h1-6,8-9,11-14,16H,7,10,15,17H2,(H,27,28). The smallest absolute Gasteiger partial charge is 0.323 e. The second kappa shape index (κ2) is 8.61. The fraction of sp³-hybridized carbons (Fsp3) is 0.167. The maximum atomic E-state index is 11.4. The molecule has 0 atom stereocenters. The predicted octanol–water partition coefficient (Wildman–Crippen LogP) is 4.80. The summed E-state index contributed by atoms with van der Waals surface area (Å²) >= 11 is 0. The van der Waals surface area contributed by atoms with Crippen LogP contribution >= 0.6 is 0 Å². The van der Waals surface area contributed by atoms with E-state index < -0.39 is 5.97 Å². The third-order valence-electron chi connectivity index (χ3n) is 4.76. The van der Waals surface area contributed by atoms with E-state index in [0.717, 1.165) is 35.2 Å². The molecule has 1 N–H and O–H groups in total. The molecule has 0 aliphatic carbocycles. The van der Waals surface area contributed by atoms with E-state index in [9.17, 15) is 9.90 Å². The van der Waals surface area contributed by atoms with Crippen LogP contribution in [0.4, 0.5) is 0 Å². The Hall–Kier alpha value is -3.60. The fourth-order valence-corrected chi connectivity index (χ4v) is 3.43. The lowest BCUT2D eigenvalue weighted by atomic mass is 10.1. The van der Waals surface area contributed by atoms with Crippen molar-refractivity contribution in [1.82, 2.24) is 9.55 Å². The number of carboxylic acids is 1. The largest absolute Gasteiger partial charge is 0.494 e. The number of benzene rings is 3. The van der Waals surface area contributed by atoms with Crippen molar-refractivity contribution in [3.8, 4) is 17.1 Å². The summed E-state index contributed by atoms with van der Waals surface area (Å²) in [5.74, 6) is 0.482. The quantitative estimate of drug-likeness (QED) is 0.442. The lowest BCUT2D eigenvalue weighted by Gasteiger charge is -2.10. The molecule has 0 unspecified atom stereocenters. The van der Waals surface area contributed by atoms with Crippen LogP contribution in [0.25, 0.3) is 22.4 Å². The van der Waals surface area contributed by atoms with Crippen molar-refractivity contribution in [1.29, 1.82) is 0 Å². The minimum Gasteiger partial charge on any atom is -0.494 e. The molecular weight excluding hydrogens is 364 g/mol. The zero-order chi connectivity index (χ0) is 20.1. The number of hydrogen-bond acceptors (Lipinski definition) is 3. The summed E-state index contributed by atoms with van der Waals surface area (Å²) in [4.78, 5) is 16.0. The van der Waals surface area contributed by atoms with Crippen LogP contribution in [0.5, 0.6) is 5.75 Å². The number of ether oxygens (including phenoxy) is 1. The van der Waals surface area contributed by atoms with Crippen LogP contribution in [-0.2, 0) is 17.8 Å². The number of nitrogens with zero attached hydrogens (tertiary/aromatic N) is 2. The van der Waals surface area contributed by atoms with Crippen LogP contribution in [0.2, 0.25) is 0 Å². The van der Waals surface area contributed by atoms with Gasteiger partial charge in [0, 0.05) is 5.56 Å². The molecule has 4 rings (SSSR count). The van der Waals surface area contributed by atoms with E-state index in [1.54, 1.807) is 4.57 Å². The Kier molecular flexibility index (Phi) is 5.56. The second-order valence-electron chi connectivity index (χ2n) is 6.87. The van der Waals surface area contributed by atoms with E-state index in [4.69, 9.17) is 4.74 Å². The summed E-state index contributed by atoms with van der Waals surface area (Å²) in [6, 6.07) is 25.6. The molecule has 0 spiro atoms. The van der Waals surface area contributed by atoms with Gasteiger partial charge in [0.2, 0.25) is 0 Å². The molecule has 29 heavy (non-hydrogen) atoms. The summed E-state index contributed by atoms with van der Waals surface area (Å²) in [5.41, 5.74) is 3.72. The molecule has 5 heteroatoms. The van der Waals surface area contributed by atoms with Crippen molar-refractivity contribution in [3.63, 3.8) is 0 Å². The van der Waals surface area contributed by atoms with E-state index in [1.165, 1.54) is 5.56 Å². The molecule has 0 fully saturated rings. The number of aliphatic carboxylic acids is 1. The fourth-order valence-electron chi connectivity index (χ4n) is 3.43. The minimum absolute atomic E-state index is 0.141. The van der Waals surface area contributed by atoms with Gasteiger partial charge in [-0.3, -0.25) is 4.79 Å². The third-order valence-corrected chi connectivity index (χ3v) is 4.76. The summed E-state index contributed by atoms with van der Waals surface area (Å²) < 4.78 is 7.66. The van der Waals surface area contributed by atoms with Crippen molar-refractivity contribution in [2.24, 2.45) is 0 Å². The number of rotatable bonds is 8. The molecule has 0 amide bonds. The first kappa shape index (κ1) is 18.7. The van der Waals surface area contributed by atoms with E-state index in [0.29, 0.717) is 12.4 Å². The molecule has 146 valence electrons. The lowest BCUT2D eigenvalue weighted by molar-refractivity contribution is -0.137. The summed E-state index contributed by atoms with van der Waals surface area (Å²) in [7, 11) is 0. The van der Waals surface area contributed by atoms with Crippen LogP contribution in [0.1, 0.15) is 12.0 Å². The number of hydrogen-bond donors (Lipinski definition) is 1. The molecule has 0 bridgehead atoms. The normalized spacial score (nSPS) is 10.9. The molecule has 0 aliphatic heterocycles. The van der Waals surface area contributed by atoms with Gasteiger partial charge in [0.05, 0.1) is 17.6 Å². The monoisotopic (exact) mass is 386 g/mol. The Morgan fingerprint density at radius 2 is 1.76 bits per heavy atom. The predicted molar refractivity (Wildman–Crippen MR) is 113 cm³/mol. The van der Waals surface area contributed by atoms with E-state index in [2.05, 4.69) is 17.1 Å². The Bertz CT molecular complexity index is 1120. The zero-order valence-corrected chi connectivity index (χ0v) is 16.0. The first-order chi connectivity index (χ1) is 14.2. The second-order valence-corrected chi connectivity index (χ2v) is 6.87. The average molecular weight is 386 g/mol. The van der Waals surface area contributed by atoms with Crippen molar-refractivity contribution in [2.75, 3.05) is 6.61 Å². The summed E-state index contributed by atoms with van der Waals surface area (Å²) in [6.45, 7) is 0.474. The number of fused-ring (bicyclic) bond motifs is 1. The third kappa shape index (κ3) is 4.46. The minimum atomic E-state index is -0.900. The molecule has 0 saturated heterocycles. The van der Waals surface area contributed by atoms with E-state index in [-0.39, 0.29) is 6.54 Å². The number of aryl methyl sites for hydroxylation is 1. The van der Waals surface area contributed by atoms with Gasteiger partial charge < -0.3 is 14.4 Å². The molecule has 5 nitrogen and oxygen atoms in total. The Labute approximate surface area is 169 Å². The highest BCUT2D eigenvalue weighted by Crippen LogP contribution is 2.27. The van der Waals surface area contributed by atoms with Crippen LogP contribution in [0, 0.1) is 0 Å². The van der Waals surface area contributed by atoms with Crippen LogP contribution in [-0.4, -0.2) is 27.2 Å². The summed E-state index contributed by atoms with van der Waals surface area (Å²) in [6.07, 6.45) is 1.89. The first-order valence-corrected chi connectivity index (χ1v) is 9.65. The number of carboxylic acid groups (broad SMARTS) is 1. The Morgan fingerprint density at radius 3 is 2.59 bits per heavy atom. The van der Waals surface area contributed by atoms with Gasteiger partial charge in [0.25, 0.3) is 0 Å². The SMILES string of the molecule is O=C(O)Cn1c(-c2cccc(OCCCc3ccccc3)c2)nc2ccccc21. The van der Waals surface area contributed by atoms with Crippen molar-refractivity contribution in [2.45, 2.75) is 19.4 Å². The topological polar surface area (TPSA) is 64.3 Å². The maximum absolute atomic E-state index is 11.4. The van der Waals surface area contributed by atoms with Gasteiger partial charge in [-0.2, -0.15) is 0 Å². The molecule has 3 aromatic carbocycles. The van der Waals surface area contributed by atoms with E-state index >= 15 is 0 Å². The Morgan fingerprint density at radius 1 is 0.966 bits per heavy atom. The van der Waals surface area contributed by atoms with Gasteiger partial charge in [-0.1, -0.05) is 54.6 Å². The molecule has 1 heterocycles. The molecule has 0 aliphatic rings. The molecular formula is C24H22N2O3. The van der Waals surface area contributed by atoms with Gasteiger partial charge >= 0.3 is 5.97 Å². The maximum Gasteiger partial charge on any atom is 0.323 e. The number of carbonyl (C=O) groups is 1. The molecule has 0 radical (unpaired) electrons. The number of aromatic nitrogens is 2. The first-order valence-electron chi connectivity index (χ1n) is 9.65. The van der Waals surface area contributed by atoms with Crippen LogP contribution < -0.4 is 4.74 Å². The highest BCUT2D eigenvalue weighted by atomic mass is 16.5. The van der Waals surface area contributed by atoms with Gasteiger partial charge in [0.1, 0.15) is 18.1 Å². The van der Waals surface area contributed by atoms with E-state index in [1.807, 2.05) is 66.7 Å². The van der Waals surface area contributed by atoms with Gasteiger partial charge in [-0.25, -0.2) is 4.98 Å². The summed E-state index contributed by atoms with van der Waals surface area (Å²) in [5, 5.41) is 9.33. The molecule has 4 aromatic rings. The molecule has 0 saturated carbocycles. The highest BCUT2D eigenvalue weighted by molar-refractivity contribution is 5.83.